The SMILES string of the molecule is C=C(N)C1CCCN1C(=C)[C@@H](N)C(C)(C)C. The minimum Gasteiger partial charge on any atom is -0.401 e. The molecule has 1 heterocycles. The lowest BCUT2D eigenvalue weighted by atomic mass is 9.85. The lowest BCUT2D eigenvalue weighted by Gasteiger charge is -2.37. The van der Waals surface area contributed by atoms with Crippen LogP contribution in [0.25, 0.3) is 0 Å². The Morgan fingerprint density at radius 1 is 1.38 bits per heavy atom. The van der Waals surface area contributed by atoms with Gasteiger partial charge < -0.3 is 16.4 Å². The van der Waals surface area contributed by atoms with E-state index in [0.29, 0.717) is 0 Å². The van der Waals surface area contributed by atoms with Crippen molar-refractivity contribution in [3.63, 3.8) is 0 Å². The summed E-state index contributed by atoms with van der Waals surface area (Å²) in [5.74, 6) is 0. The fourth-order valence-corrected chi connectivity index (χ4v) is 2.17. The molecular weight excluding hydrogens is 198 g/mol. The lowest BCUT2D eigenvalue weighted by Crippen LogP contribution is -2.45. The molecule has 0 aliphatic carbocycles. The highest BCUT2D eigenvalue weighted by molar-refractivity contribution is 5.16. The summed E-state index contributed by atoms with van der Waals surface area (Å²) in [6.45, 7) is 15.4. The van der Waals surface area contributed by atoms with Crippen molar-refractivity contribution in [2.75, 3.05) is 6.54 Å². The number of nitrogens with two attached hydrogens (primary N) is 2. The van der Waals surface area contributed by atoms with Gasteiger partial charge in [-0.25, -0.2) is 0 Å². The van der Waals surface area contributed by atoms with Crippen molar-refractivity contribution in [3.05, 3.63) is 24.6 Å². The second-order valence-electron chi connectivity index (χ2n) is 5.76. The van der Waals surface area contributed by atoms with Crippen LogP contribution in [0.4, 0.5) is 0 Å². The van der Waals surface area contributed by atoms with Gasteiger partial charge in [0.15, 0.2) is 0 Å². The van der Waals surface area contributed by atoms with E-state index in [1.165, 1.54) is 0 Å². The Hall–Kier alpha value is -0.960. The van der Waals surface area contributed by atoms with Crippen LogP contribution < -0.4 is 11.5 Å². The third kappa shape index (κ3) is 2.59. The maximum atomic E-state index is 6.22. The molecule has 1 aliphatic rings. The number of rotatable bonds is 3. The zero-order chi connectivity index (χ0) is 12.5. The fourth-order valence-electron chi connectivity index (χ4n) is 2.17. The van der Waals surface area contributed by atoms with Crippen LogP contribution in [0, 0.1) is 5.41 Å². The maximum absolute atomic E-state index is 6.22. The molecule has 4 N–H and O–H groups in total. The second-order valence-corrected chi connectivity index (χ2v) is 5.76. The van der Waals surface area contributed by atoms with E-state index in [9.17, 15) is 0 Å². The number of likely N-dealkylation sites (tertiary alicyclic amines) is 1. The van der Waals surface area contributed by atoms with E-state index in [-0.39, 0.29) is 17.5 Å². The van der Waals surface area contributed by atoms with Crippen LogP contribution in [0.15, 0.2) is 24.6 Å². The highest BCUT2D eigenvalue weighted by atomic mass is 15.2. The molecular formula is C13H25N3. The Kier molecular flexibility index (Phi) is 3.68. The molecule has 0 radical (unpaired) electrons. The van der Waals surface area contributed by atoms with E-state index in [4.69, 9.17) is 11.5 Å². The molecule has 0 bridgehead atoms. The molecule has 0 saturated carbocycles. The minimum atomic E-state index is -0.0348. The standard InChI is InChI=1S/C13H25N3/c1-9(14)11-7-6-8-16(11)10(2)12(15)13(3,4)5/h11-12H,1-2,6-8,14-15H2,3-5H3/t11?,12-/m1/s1. The van der Waals surface area contributed by atoms with Crippen LogP contribution in [0.3, 0.4) is 0 Å². The summed E-state index contributed by atoms with van der Waals surface area (Å²) in [6, 6.07) is 0.188. The average Bonchev–Trinajstić information content (AvgIpc) is 2.62. The van der Waals surface area contributed by atoms with Gasteiger partial charge in [-0.1, -0.05) is 33.9 Å². The highest BCUT2D eigenvalue weighted by Crippen LogP contribution is 2.30. The van der Waals surface area contributed by atoms with Crippen molar-refractivity contribution in [3.8, 4) is 0 Å². The summed E-state index contributed by atoms with van der Waals surface area (Å²) in [4.78, 5) is 2.22. The largest absolute Gasteiger partial charge is 0.401 e. The van der Waals surface area contributed by atoms with Crippen molar-refractivity contribution in [2.24, 2.45) is 16.9 Å². The number of hydrogen-bond donors (Lipinski definition) is 2. The quantitative estimate of drug-likeness (QED) is 0.767. The van der Waals surface area contributed by atoms with Gasteiger partial charge in [-0.2, -0.15) is 0 Å². The Labute approximate surface area is 99.2 Å². The zero-order valence-electron chi connectivity index (χ0n) is 10.8. The Morgan fingerprint density at radius 2 is 1.94 bits per heavy atom. The molecule has 3 nitrogen and oxygen atoms in total. The van der Waals surface area contributed by atoms with Crippen molar-refractivity contribution < 1.29 is 0 Å². The van der Waals surface area contributed by atoms with Crippen LogP contribution in [0.2, 0.25) is 0 Å². The van der Waals surface area contributed by atoms with Crippen LogP contribution in [0.1, 0.15) is 33.6 Å². The Morgan fingerprint density at radius 3 is 2.38 bits per heavy atom. The van der Waals surface area contributed by atoms with Crippen LogP contribution >= 0.6 is 0 Å². The highest BCUT2D eigenvalue weighted by Gasteiger charge is 2.32. The topological polar surface area (TPSA) is 55.3 Å². The summed E-state index contributed by atoms with van der Waals surface area (Å²) in [5.41, 5.74) is 13.8. The molecule has 1 fully saturated rings. The fraction of sp³-hybridized carbons (Fsp3) is 0.692. The second kappa shape index (κ2) is 4.50. The van der Waals surface area contributed by atoms with Crippen molar-refractivity contribution in [1.82, 2.24) is 4.90 Å². The van der Waals surface area contributed by atoms with Crippen LogP contribution in [-0.2, 0) is 0 Å². The molecule has 3 heteroatoms. The van der Waals surface area contributed by atoms with E-state index in [1.807, 2.05) is 0 Å². The average molecular weight is 223 g/mol. The van der Waals surface area contributed by atoms with E-state index >= 15 is 0 Å². The first-order chi connectivity index (χ1) is 7.25. The summed E-state index contributed by atoms with van der Waals surface area (Å²) in [7, 11) is 0. The summed E-state index contributed by atoms with van der Waals surface area (Å²) >= 11 is 0. The monoisotopic (exact) mass is 223 g/mol. The number of hydrogen-bond acceptors (Lipinski definition) is 3. The molecule has 0 spiro atoms. The van der Waals surface area contributed by atoms with Gasteiger partial charge in [0, 0.05) is 24.0 Å². The maximum Gasteiger partial charge on any atom is 0.0678 e. The Bertz CT molecular complexity index is 288. The molecule has 2 atom stereocenters. The smallest absolute Gasteiger partial charge is 0.0678 e. The molecule has 92 valence electrons. The van der Waals surface area contributed by atoms with E-state index in [0.717, 1.165) is 30.8 Å². The molecule has 1 saturated heterocycles. The number of nitrogens with zero attached hydrogens (tertiary/aromatic N) is 1. The van der Waals surface area contributed by atoms with Gasteiger partial charge >= 0.3 is 0 Å². The Balaban J connectivity index is 2.77. The third-order valence-corrected chi connectivity index (χ3v) is 3.34. The van der Waals surface area contributed by atoms with E-state index < -0.39 is 0 Å². The normalized spacial score (nSPS) is 23.2. The zero-order valence-corrected chi connectivity index (χ0v) is 10.8. The van der Waals surface area contributed by atoms with Gasteiger partial charge in [0.2, 0.25) is 0 Å². The first-order valence-corrected chi connectivity index (χ1v) is 5.90. The molecule has 1 aliphatic heterocycles. The first kappa shape index (κ1) is 13.1. The molecule has 1 rings (SSSR count). The lowest BCUT2D eigenvalue weighted by molar-refractivity contribution is 0.262. The van der Waals surface area contributed by atoms with Gasteiger partial charge in [0.05, 0.1) is 6.04 Å². The molecule has 0 amide bonds. The first-order valence-electron chi connectivity index (χ1n) is 5.90. The van der Waals surface area contributed by atoms with Crippen molar-refractivity contribution in [1.29, 1.82) is 0 Å². The van der Waals surface area contributed by atoms with Crippen molar-refractivity contribution in [2.45, 2.75) is 45.7 Å². The van der Waals surface area contributed by atoms with Crippen LogP contribution in [-0.4, -0.2) is 23.5 Å². The van der Waals surface area contributed by atoms with Crippen LogP contribution in [0.5, 0.6) is 0 Å². The van der Waals surface area contributed by atoms with Gasteiger partial charge in [-0.05, 0) is 18.3 Å². The van der Waals surface area contributed by atoms with Gasteiger partial charge in [0.1, 0.15) is 0 Å². The molecule has 0 aromatic heterocycles. The predicted octanol–water partition coefficient (Wildman–Crippen LogP) is 1.81. The third-order valence-electron chi connectivity index (χ3n) is 3.34. The molecule has 0 aromatic carbocycles. The summed E-state index contributed by atoms with van der Waals surface area (Å²) in [6.07, 6.45) is 2.20. The summed E-state index contributed by atoms with van der Waals surface area (Å²) < 4.78 is 0. The minimum absolute atomic E-state index is 0.0279. The van der Waals surface area contributed by atoms with Crippen molar-refractivity contribution >= 4 is 0 Å². The van der Waals surface area contributed by atoms with E-state index in [1.54, 1.807) is 0 Å². The van der Waals surface area contributed by atoms with Gasteiger partial charge in [-0.15, -0.1) is 0 Å². The van der Waals surface area contributed by atoms with E-state index in [2.05, 4.69) is 38.8 Å². The summed E-state index contributed by atoms with van der Waals surface area (Å²) in [5, 5.41) is 0. The predicted molar refractivity (Wildman–Crippen MR) is 69.6 cm³/mol. The van der Waals surface area contributed by atoms with Gasteiger partial charge in [-0.3, -0.25) is 0 Å². The van der Waals surface area contributed by atoms with Gasteiger partial charge in [0.25, 0.3) is 0 Å². The molecule has 1 unspecified atom stereocenters. The molecule has 0 aromatic rings. The molecule has 16 heavy (non-hydrogen) atoms.